The molecule has 0 bridgehead atoms. The normalized spacial score (nSPS) is 11.1. The first-order valence-electron chi connectivity index (χ1n) is 11.0. The van der Waals surface area contributed by atoms with Crippen molar-refractivity contribution >= 4 is 57.7 Å². The van der Waals surface area contributed by atoms with Gasteiger partial charge in [-0.05, 0) is 52.0 Å². The number of carbonyl (C=O) groups is 2. The van der Waals surface area contributed by atoms with Gasteiger partial charge in [-0.2, -0.15) is 0 Å². The first-order chi connectivity index (χ1) is 17.1. The van der Waals surface area contributed by atoms with E-state index in [0.29, 0.717) is 0 Å². The fourth-order valence-electron chi connectivity index (χ4n) is 2.65. The van der Waals surface area contributed by atoms with Crippen LogP contribution >= 0.6 is 24.4 Å². The number of rotatable bonds is 8. The second-order valence-electron chi connectivity index (χ2n) is 7.00. The summed E-state index contributed by atoms with van der Waals surface area (Å²) in [6.45, 7) is 6.62. The summed E-state index contributed by atoms with van der Waals surface area (Å²) in [4.78, 5) is 23.6. The Kier molecular flexibility index (Phi) is 16.5. The van der Waals surface area contributed by atoms with Crippen LogP contribution in [0.15, 0.2) is 83.3 Å². The SMILES string of the molecule is CCOC(=O)/C(C(=S)Nc1ccccc1)=C(/C)O.CCOC(=O)/C(C(=S)Nc1ccccc1)=C(\C)O.[Ni]. The molecule has 0 amide bonds. The van der Waals surface area contributed by atoms with Crippen LogP contribution in [0.3, 0.4) is 0 Å². The van der Waals surface area contributed by atoms with Gasteiger partial charge in [-0.1, -0.05) is 60.8 Å². The van der Waals surface area contributed by atoms with Gasteiger partial charge in [0, 0.05) is 27.9 Å². The Morgan fingerprint density at radius 1 is 0.703 bits per heavy atom. The summed E-state index contributed by atoms with van der Waals surface area (Å²) in [5.41, 5.74) is 1.45. The zero-order valence-corrected chi connectivity index (χ0v) is 23.5. The summed E-state index contributed by atoms with van der Waals surface area (Å²) < 4.78 is 9.68. The van der Waals surface area contributed by atoms with E-state index in [1.807, 2.05) is 60.7 Å². The summed E-state index contributed by atoms with van der Waals surface area (Å²) in [6, 6.07) is 18.3. The molecule has 37 heavy (non-hydrogen) atoms. The third kappa shape index (κ3) is 12.0. The number of esters is 2. The Labute approximate surface area is 237 Å². The number of allylic oxidation sites excluding steroid dienone is 2. The van der Waals surface area contributed by atoms with Crippen LogP contribution in [0, 0.1) is 0 Å². The zero-order chi connectivity index (χ0) is 27.1. The summed E-state index contributed by atoms with van der Waals surface area (Å²) in [6.07, 6.45) is 0. The number of hydrogen-bond acceptors (Lipinski definition) is 8. The van der Waals surface area contributed by atoms with Gasteiger partial charge in [0.25, 0.3) is 0 Å². The molecule has 11 heteroatoms. The van der Waals surface area contributed by atoms with Gasteiger partial charge in [0.15, 0.2) is 0 Å². The Balaban J connectivity index is 0.000000682. The number of anilines is 2. The number of carbonyl (C=O) groups excluding carboxylic acids is 2. The Hall–Kier alpha value is -3.27. The van der Waals surface area contributed by atoms with Crippen molar-refractivity contribution in [2.75, 3.05) is 23.8 Å². The maximum atomic E-state index is 11.6. The average molecular weight is 589 g/mol. The number of aliphatic hydroxyl groups excluding tert-OH is 2. The van der Waals surface area contributed by atoms with Crippen molar-refractivity contribution in [2.24, 2.45) is 0 Å². The third-order valence-electron chi connectivity index (χ3n) is 4.20. The van der Waals surface area contributed by atoms with Crippen molar-refractivity contribution < 1.29 is 45.8 Å². The van der Waals surface area contributed by atoms with Gasteiger partial charge in [-0.25, -0.2) is 9.59 Å². The Morgan fingerprint density at radius 3 is 1.24 bits per heavy atom. The first-order valence-corrected chi connectivity index (χ1v) is 11.8. The minimum atomic E-state index is -0.633. The van der Waals surface area contributed by atoms with Crippen LogP contribution in [0.4, 0.5) is 11.4 Å². The van der Waals surface area contributed by atoms with Crippen LogP contribution in [0.1, 0.15) is 27.7 Å². The monoisotopic (exact) mass is 588 g/mol. The molecule has 0 aliphatic rings. The molecule has 202 valence electrons. The van der Waals surface area contributed by atoms with E-state index in [1.165, 1.54) is 13.8 Å². The second-order valence-corrected chi connectivity index (χ2v) is 7.82. The van der Waals surface area contributed by atoms with Crippen molar-refractivity contribution in [3.8, 4) is 0 Å². The van der Waals surface area contributed by atoms with Crippen molar-refractivity contribution in [1.82, 2.24) is 0 Å². The molecule has 0 aliphatic heterocycles. The summed E-state index contributed by atoms with van der Waals surface area (Å²) >= 11 is 10.2. The van der Waals surface area contributed by atoms with Gasteiger partial charge in [-0.15, -0.1) is 0 Å². The minimum absolute atomic E-state index is 0. The molecule has 0 atom stereocenters. The fraction of sp³-hybridized carbons (Fsp3) is 0.231. The zero-order valence-electron chi connectivity index (χ0n) is 20.8. The van der Waals surface area contributed by atoms with Gasteiger partial charge in [0.2, 0.25) is 0 Å². The van der Waals surface area contributed by atoms with Crippen LogP contribution in [0.5, 0.6) is 0 Å². The van der Waals surface area contributed by atoms with E-state index in [4.69, 9.17) is 33.9 Å². The van der Waals surface area contributed by atoms with Gasteiger partial charge in [-0.3, -0.25) is 0 Å². The molecule has 2 aromatic carbocycles. The quantitative estimate of drug-likeness (QED) is 0.101. The Morgan fingerprint density at radius 2 is 1.00 bits per heavy atom. The van der Waals surface area contributed by atoms with Crippen LogP contribution in [0.25, 0.3) is 0 Å². The Bertz CT molecular complexity index is 1020. The molecule has 0 unspecified atom stereocenters. The number of benzene rings is 2. The van der Waals surface area contributed by atoms with E-state index in [0.717, 1.165) is 11.4 Å². The summed E-state index contributed by atoms with van der Waals surface area (Å²) in [7, 11) is 0. The van der Waals surface area contributed by atoms with Crippen molar-refractivity contribution in [3.63, 3.8) is 0 Å². The predicted octanol–water partition coefficient (Wildman–Crippen LogP) is 5.64. The number of aliphatic hydroxyl groups is 2. The molecule has 0 fully saturated rings. The van der Waals surface area contributed by atoms with Crippen molar-refractivity contribution in [3.05, 3.63) is 83.3 Å². The molecule has 0 aliphatic carbocycles. The summed E-state index contributed by atoms with van der Waals surface area (Å²) in [5.74, 6) is -1.60. The minimum Gasteiger partial charge on any atom is -0.512 e. The van der Waals surface area contributed by atoms with Crippen molar-refractivity contribution in [1.29, 1.82) is 0 Å². The number of para-hydroxylation sites is 2. The van der Waals surface area contributed by atoms with Gasteiger partial charge < -0.3 is 30.3 Å². The summed E-state index contributed by atoms with van der Waals surface area (Å²) in [5, 5.41) is 24.8. The van der Waals surface area contributed by atoms with Gasteiger partial charge >= 0.3 is 11.9 Å². The van der Waals surface area contributed by atoms with Gasteiger partial charge in [0.05, 0.1) is 13.2 Å². The van der Waals surface area contributed by atoms with E-state index >= 15 is 0 Å². The van der Waals surface area contributed by atoms with Crippen molar-refractivity contribution in [2.45, 2.75) is 27.7 Å². The van der Waals surface area contributed by atoms with Crippen LogP contribution in [-0.4, -0.2) is 45.3 Å². The number of ether oxygens (including phenoxy) is 2. The smallest absolute Gasteiger partial charge is 0.344 e. The predicted molar refractivity (Wildman–Crippen MR) is 149 cm³/mol. The molecule has 8 nitrogen and oxygen atoms in total. The molecule has 0 saturated heterocycles. The van der Waals surface area contributed by atoms with E-state index < -0.39 is 11.9 Å². The first kappa shape index (κ1) is 33.7. The van der Waals surface area contributed by atoms with Crippen LogP contribution < -0.4 is 10.6 Å². The maximum absolute atomic E-state index is 11.6. The molecule has 4 N–H and O–H groups in total. The molecule has 0 spiro atoms. The van der Waals surface area contributed by atoms with E-state index in [9.17, 15) is 19.8 Å². The fourth-order valence-corrected chi connectivity index (χ4v) is 3.34. The van der Waals surface area contributed by atoms with E-state index in [2.05, 4.69) is 10.6 Å². The van der Waals surface area contributed by atoms with Crippen LogP contribution in [-0.2, 0) is 35.6 Å². The molecule has 0 aromatic heterocycles. The van der Waals surface area contributed by atoms with Gasteiger partial charge in [0.1, 0.15) is 32.6 Å². The number of nitrogens with one attached hydrogen (secondary N) is 2. The molecular formula is C26H30N2NiO6S2. The third-order valence-corrected chi connectivity index (χ3v) is 4.81. The van der Waals surface area contributed by atoms with Crippen LogP contribution in [0.2, 0.25) is 0 Å². The largest absolute Gasteiger partial charge is 0.512 e. The molecular weight excluding hydrogens is 559 g/mol. The average Bonchev–Trinajstić information content (AvgIpc) is 2.81. The van der Waals surface area contributed by atoms with E-state index in [-0.39, 0.29) is 62.3 Å². The number of thiocarbonyl (C=S) groups is 2. The molecule has 0 heterocycles. The standard InChI is InChI=1S/2C13H15NO3S.Ni/c2*1-3-17-13(16)11(9(2)15)12(18)14-10-7-5-4-6-8-10;/h2*4-8,15H,3H2,1-2H3,(H,14,18);/b11-9+;11-9-;. The topological polar surface area (TPSA) is 117 Å². The molecule has 2 rings (SSSR count). The maximum Gasteiger partial charge on any atom is 0.344 e. The molecule has 0 saturated carbocycles. The number of hydrogen-bond donors (Lipinski definition) is 4. The second kappa shape index (κ2) is 18.1. The van der Waals surface area contributed by atoms with E-state index in [1.54, 1.807) is 13.8 Å². The molecule has 2 aromatic rings. The molecule has 0 radical (unpaired) electrons.